The van der Waals surface area contributed by atoms with Gasteiger partial charge in [0.25, 0.3) is 0 Å². The Hall–Kier alpha value is -3.90. The molecule has 6 aromatic carbocycles. The van der Waals surface area contributed by atoms with Crippen LogP contribution in [0.4, 0.5) is 0 Å². The highest BCUT2D eigenvalue weighted by atomic mass is 14.3. The van der Waals surface area contributed by atoms with Crippen LogP contribution in [0, 0.1) is 0 Å². The third-order valence-electron chi connectivity index (χ3n) is 6.57. The van der Waals surface area contributed by atoms with Crippen molar-refractivity contribution in [2.24, 2.45) is 0 Å². The fourth-order valence-electron chi connectivity index (χ4n) is 5.32. The van der Waals surface area contributed by atoms with Gasteiger partial charge in [-0.25, -0.2) is 0 Å². The maximum atomic E-state index is 2.43. The molecule has 0 N–H and O–H groups in total. The molecule has 30 heavy (non-hydrogen) atoms. The molecule has 0 atom stereocenters. The maximum Gasteiger partial charge on any atom is -0.00197 e. The van der Waals surface area contributed by atoms with E-state index in [9.17, 15) is 0 Å². The molecule has 1 aliphatic rings. The first-order valence-corrected chi connectivity index (χ1v) is 10.5. The molecule has 0 saturated heterocycles. The van der Waals surface area contributed by atoms with E-state index in [1.54, 1.807) is 0 Å². The lowest BCUT2D eigenvalue weighted by Gasteiger charge is -2.15. The Balaban J connectivity index is 1.77. The van der Waals surface area contributed by atoms with Crippen LogP contribution in [0.1, 0.15) is 0 Å². The Labute approximate surface area is 175 Å². The molecule has 0 nitrogen and oxygen atoms in total. The van der Waals surface area contributed by atoms with Crippen LogP contribution in [0.25, 0.3) is 65.7 Å². The number of rotatable bonds is 1. The molecule has 0 unspecified atom stereocenters. The van der Waals surface area contributed by atoms with Gasteiger partial charge < -0.3 is 0 Å². The van der Waals surface area contributed by atoms with Gasteiger partial charge >= 0.3 is 0 Å². The normalized spacial score (nSPS) is 12.0. The van der Waals surface area contributed by atoms with Crippen molar-refractivity contribution in [3.63, 3.8) is 0 Å². The van der Waals surface area contributed by atoms with Gasteiger partial charge in [-0.05, 0) is 77.8 Å². The summed E-state index contributed by atoms with van der Waals surface area (Å²) >= 11 is 0. The van der Waals surface area contributed by atoms with E-state index in [2.05, 4.69) is 109 Å². The minimum Gasteiger partial charge on any atom is -0.0622 e. The Morgan fingerprint density at radius 1 is 0.333 bits per heavy atom. The number of fused-ring (bicyclic) bond motifs is 7. The van der Waals surface area contributed by atoms with Gasteiger partial charge in [-0.15, -0.1) is 0 Å². The van der Waals surface area contributed by atoms with Gasteiger partial charge in [0.05, 0.1) is 0 Å². The summed E-state index contributed by atoms with van der Waals surface area (Å²) in [7, 11) is 0. The summed E-state index contributed by atoms with van der Waals surface area (Å²) in [5.74, 6) is 0. The highest BCUT2D eigenvalue weighted by Crippen LogP contribution is 2.51. The van der Waals surface area contributed by atoms with Crippen molar-refractivity contribution in [3.05, 3.63) is 109 Å². The molecule has 0 spiro atoms. The molecule has 7 rings (SSSR count). The van der Waals surface area contributed by atoms with Crippen LogP contribution < -0.4 is 0 Å². The molecule has 1 aliphatic carbocycles. The van der Waals surface area contributed by atoms with E-state index in [4.69, 9.17) is 0 Å². The molecule has 0 heteroatoms. The summed E-state index contributed by atoms with van der Waals surface area (Å²) in [6.07, 6.45) is 0. The quantitative estimate of drug-likeness (QED) is 0.251. The van der Waals surface area contributed by atoms with E-state index in [1.165, 1.54) is 65.7 Å². The average molecular weight is 378 g/mol. The second-order valence-electron chi connectivity index (χ2n) is 8.13. The lowest BCUT2D eigenvalue weighted by atomic mass is 9.88. The van der Waals surface area contributed by atoms with E-state index in [0.717, 1.165) is 0 Å². The molecular formula is C30H18. The predicted molar refractivity (Wildman–Crippen MR) is 129 cm³/mol. The molecule has 6 aromatic rings. The van der Waals surface area contributed by atoms with E-state index >= 15 is 0 Å². The van der Waals surface area contributed by atoms with Gasteiger partial charge in [-0.3, -0.25) is 0 Å². The number of hydrogen-bond donors (Lipinski definition) is 0. The number of benzene rings is 6. The third kappa shape index (κ3) is 2.00. The predicted octanol–water partition coefficient (Wildman–Crippen LogP) is 8.46. The van der Waals surface area contributed by atoms with Crippen molar-refractivity contribution in [1.82, 2.24) is 0 Å². The monoisotopic (exact) mass is 378 g/mol. The first kappa shape index (κ1) is 16.0. The molecule has 0 amide bonds. The SMILES string of the molecule is c1ccc(-c2cc3ccccc3c3c2cc2c4c(cccc43)-c3ccccc3-2)cc1. The van der Waals surface area contributed by atoms with Gasteiger partial charge in [-0.1, -0.05) is 97.1 Å². The lowest BCUT2D eigenvalue weighted by Crippen LogP contribution is -1.88. The van der Waals surface area contributed by atoms with E-state index < -0.39 is 0 Å². The summed E-state index contributed by atoms with van der Waals surface area (Å²) in [5, 5.41) is 8.05. The molecule has 0 aliphatic heterocycles. The van der Waals surface area contributed by atoms with Crippen molar-refractivity contribution in [3.8, 4) is 33.4 Å². The second kappa shape index (κ2) is 5.81. The zero-order valence-corrected chi connectivity index (χ0v) is 16.4. The van der Waals surface area contributed by atoms with Crippen LogP contribution in [0.3, 0.4) is 0 Å². The Bertz CT molecular complexity index is 1620. The molecule has 0 saturated carbocycles. The van der Waals surface area contributed by atoms with E-state index in [-0.39, 0.29) is 0 Å². The smallest absolute Gasteiger partial charge is 0.00197 e. The number of hydrogen-bond acceptors (Lipinski definition) is 0. The molecule has 0 heterocycles. The van der Waals surface area contributed by atoms with E-state index in [1.807, 2.05) is 0 Å². The van der Waals surface area contributed by atoms with Crippen LogP contribution in [-0.2, 0) is 0 Å². The standard InChI is InChI=1S/C30H18/c1-2-9-19(10-3-1)26-17-20-11-4-5-12-21(20)29-25-16-8-15-24-22-13-6-7-14-23(22)27(30(24)25)18-28(26)29/h1-18H. The van der Waals surface area contributed by atoms with E-state index in [0.29, 0.717) is 0 Å². The molecule has 0 fully saturated rings. The first-order chi connectivity index (χ1) is 14.9. The van der Waals surface area contributed by atoms with Crippen LogP contribution in [0.2, 0.25) is 0 Å². The fraction of sp³-hybridized carbons (Fsp3) is 0. The van der Waals surface area contributed by atoms with Crippen LogP contribution in [0.5, 0.6) is 0 Å². The first-order valence-electron chi connectivity index (χ1n) is 10.5. The van der Waals surface area contributed by atoms with Gasteiger partial charge in [0, 0.05) is 0 Å². The summed E-state index contributed by atoms with van der Waals surface area (Å²) in [6.45, 7) is 0. The highest BCUT2D eigenvalue weighted by molar-refractivity contribution is 6.30. The molecule has 0 bridgehead atoms. The van der Waals surface area contributed by atoms with Gasteiger partial charge in [0.2, 0.25) is 0 Å². The van der Waals surface area contributed by atoms with Gasteiger partial charge in [0.1, 0.15) is 0 Å². The van der Waals surface area contributed by atoms with Crippen LogP contribution in [0.15, 0.2) is 109 Å². The minimum atomic E-state index is 1.27. The van der Waals surface area contributed by atoms with Crippen LogP contribution >= 0.6 is 0 Å². The molecular weight excluding hydrogens is 360 g/mol. The topological polar surface area (TPSA) is 0 Å². The van der Waals surface area contributed by atoms with Crippen LogP contribution in [-0.4, -0.2) is 0 Å². The van der Waals surface area contributed by atoms with Crippen molar-refractivity contribution >= 4 is 32.3 Å². The minimum absolute atomic E-state index is 1.27. The molecule has 0 aromatic heterocycles. The zero-order chi connectivity index (χ0) is 19.7. The Morgan fingerprint density at radius 3 is 1.87 bits per heavy atom. The maximum absolute atomic E-state index is 2.43. The van der Waals surface area contributed by atoms with Crippen molar-refractivity contribution in [2.45, 2.75) is 0 Å². The van der Waals surface area contributed by atoms with Gasteiger partial charge in [0.15, 0.2) is 0 Å². The Morgan fingerprint density at radius 2 is 1.00 bits per heavy atom. The summed E-state index contributed by atoms with van der Waals surface area (Å²) in [6, 6.07) is 40.0. The summed E-state index contributed by atoms with van der Waals surface area (Å²) in [5.41, 5.74) is 7.97. The second-order valence-corrected chi connectivity index (χ2v) is 8.13. The zero-order valence-electron chi connectivity index (χ0n) is 16.4. The average Bonchev–Trinajstić information content (AvgIpc) is 3.14. The Kier molecular flexibility index (Phi) is 3.09. The van der Waals surface area contributed by atoms with Crippen molar-refractivity contribution in [1.29, 1.82) is 0 Å². The van der Waals surface area contributed by atoms with Gasteiger partial charge in [-0.2, -0.15) is 0 Å². The fourth-order valence-corrected chi connectivity index (χ4v) is 5.32. The lowest BCUT2D eigenvalue weighted by molar-refractivity contribution is 1.67. The van der Waals surface area contributed by atoms with Crippen molar-refractivity contribution < 1.29 is 0 Å². The molecule has 138 valence electrons. The third-order valence-corrected chi connectivity index (χ3v) is 6.57. The summed E-state index contributed by atoms with van der Waals surface area (Å²) in [4.78, 5) is 0. The largest absolute Gasteiger partial charge is 0.0622 e. The highest BCUT2D eigenvalue weighted by Gasteiger charge is 2.23. The summed E-state index contributed by atoms with van der Waals surface area (Å²) < 4.78 is 0. The molecule has 0 radical (unpaired) electrons. The van der Waals surface area contributed by atoms with Crippen molar-refractivity contribution in [2.75, 3.05) is 0 Å².